The number of rotatable bonds is 17. The van der Waals surface area contributed by atoms with Crippen LogP contribution < -0.4 is 32.3 Å². The van der Waals surface area contributed by atoms with Gasteiger partial charge < -0.3 is 47.5 Å². The molecule has 0 fully saturated rings. The zero-order chi connectivity index (χ0) is 32.8. The van der Waals surface area contributed by atoms with Gasteiger partial charge in [-0.3, -0.25) is 24.0 Å². The van der Waals surface area contributed by atoms with Crippen LogP contribution in [-0.2, 0) is 41.6 Å². The molecule has 2 aromatic rings. The van der Waals surface area contributed by atoms with E-state index in [0.29, 0.717) is 5.69 Å². The molecule has 0 saturated carbocycles. The largest absolute Gasteiger partial charge is 0.480 e. The lowest BCUT2D eigenvalue weighted by molar-refractivity contribution is -0.145. The van der Waals surface area contributed by atoms with Crippen LogP contribution in [0.5, 0.6) is 0 Å². The second kappa shape index (κ2) is 17.6. The van der Waals surface area contributed by atoms with Crippen molar-refractivity contribution in [3.05, 3.63) is 54.1 Å². The number of nitrogens with zero attached hydrogens (tertiary/aromatic N) is 1. The van der Waals surface area contributed by atoms with Crippen LogP contribution in [-0.4, -0.2) is 104 Å². The molecule has 17 heteroatoms. The Kier molecular flexibility index (Phi) is 14.3. The second-order valence-corrected chi connectivity index (χ2v) is 10.3. The highest BCUT2D eigenvalue weighted by atomic mass is 32.1. The van der Waals surface area contributed by atoms with Gasteiger partial charge in [-0.25, -0.2) is 9.78 Å². The van der Waals surface area contributed by atoms with Crippen LogP contribution in [0.15, 0.2) is 42.9 Å². The zero-order valence-corrected chi connectivity index (χ0v) is 25.0. The number of aliphatic carboxylic acids is 1. The number of aliphatic hydroxyl groups is 1. The maximum Gasteiger partial charge on any atom is 0.328 e. The van der Waals surface area contributed by atoms with E-state index in [9.17, 15) is 33.9 Å². The summed E-state index contributed by atoms with van der Waals surface area (Å²) in [6.45, 7) is 1.88. The monoisotopic (exact) mass is 634 g/mol. The number of amides is 5. The molecule has 0 aliphatic carbocycles. The van der Waals surface area contributed by atoms with Crippen LogP contribution in [0.25, 0.3) is 0 Å². The molecule has 5 amide bonds. The summed E-state index contributed by atoms with van der Waals surface area (Å²) in [6, 6.07) is 2.80. The molecular weight excluding hydrogens is 596 g/mol. The Bertz CT molecular complexity index is 1280. The lowest BCUT2D eigenvalue weighted by Crippen LogP contribution is -2.58. The number of carbonyl (C=O) groups is 6. The summed E-state index contributed by atoms with van der Waals surface area (Å²) in [6.07, 6.45) is 1.50. The number of hydrogen-bond donors (Lipinski definition) is 10. The molecule has 0 aliphatic rings. The van der Waals surface area contributed by atoms with Crippen LogP contribution in [0.1, 0.15) is 25.1 Å². The number of imidazole rings is 1. The van der Waals surface area contributed by atoms with E-state index in [1.165, 1.54) is 26.4 Å². The van der Waals surface area contributed by atoms with E-state index in [2.05, 4.69) is 49.2 Å². The predicted octanol–water partition coefficient (Wildman–Crippen LogP) is -3.01. The number of hydrogen-bond acceptors (Lipinski definition) is 10. The minimum Gasteiger partial charge on any atom is -0.480 e. The van der Waals surface area contributed by atoms with Crippen LogP contribution in [0.3, 0.4) is 0 Å². The summed E-state index contributed by atoms with van der Waals surface area (Å²) in [4.78, 5) is 81.8. The minimum atomic E-state index is -1.59. The summed E-state index contributed by atoms with van der Waals surface area (Å²) in [7, 11) is 0. The first-order valence-corrected chi connectivity index (χ1v) is 14.2. The number of carboxylic acid groups (broad SMARTS) is 1. The Morgan fingerprint density at radius 3 is 2.11 bits per heavy atom. The molecule has 10 N–H and O–H groups in total. The molecule has 0 unspecified atom stereocenters. The van der Waals surface area contributed by atoms with Crippen molar-refractivity contribution in [3.63, 3.8) is 0 Å². The van der Waals surface area contributed by atoms with Gasteiger partial charge in [0.1, 0.15) is 18.1 Å². The highest BCUT2D eigenvalue weighted by Gasteiger charge is 2.30. The van der Waals surface area contributed by atoms with Crippen LogP contribution in [0, 0.1) is 0 Å². The summed E-state index contributed by atoms with van der Waals surface area (Å²) in [5, 5.41) is 30.7. The maximum atomic E-state index is 13.4. The summed E-state index contributed by atoms with van der Waals surface area (Å²) >= 11 is 4.02. The summed E-state index contributed by atoms with van der Waals surface area (Å²) in [5.41, 5.74) is 7.00. The minimum absolute atomic E-state index is 0.0411. The van der Waals surface area contributed by atoms with Gasteiger partial charge >= 0.3 is 5.97 Å². The molecular formula is C27H38N8O8S. The van der Waals surface area contributed by atoms with Crippen LogP contribution in [0.4, 0.5) is 0 Å². The third-order valence-corrected chi connectivity index (χ3v) is 6.69. The van der Waals surface area contributed by atoms with Crippen molar-refractivity contribution >= 4 is 48.1 Å². The van der Waals surface area contributed by atoms with Crippen molar-refractivity contribution in [1.82, 2.24) is 36.6 Å². The number of nitrogens with one attached hydrogen (secondary N) is 6. The molecule has 0 radical (unpaired) electrons. The van der Waals surface area contributed by atoms with E-state index in [-0.39, 0.29) is 18.6 Å². The summed E-state index contributed by atoms with van der Waals surface area (Å²) in [5.74, 6) is -5.12. The van der Waals surface area contributed by atoms with E-state index in [1.807, 2.05) is 0 Å². The molecule has 0 spiro atoms. The van der Waals surface area contributed by atoms with Crippen molar-refractivity contribution in [1.29, 1.82) is 0 Å². The number of aromatic nitrogens is 2. The maximum absolute atomic E-state index is 13.4. The smallest absolute Gasteiger partial charge is 0.328 e. The SMILES string of the molecule is C[C@H](NC(=O)CNC(=O)[C@H](Cc1cnc[nH]1)NC(=O)[C@H](Cc1ccccc1)NC(=O)[C@@H](N)CS)C(=O)N[C@H](C(=O)O)[C@@H](C)O. The molecule has 0 saturated heterocycles. The number of H-pyrrole nitrogens is 1. The number of thiol groups is 1. The van der Waals surface area contributed by atoms with Gasteiger partial charge in [0.15, 0.2) is 6.04 Å². The molecule has 16 nitrogen and oxygen atoms in total. The number of carbonyl (C=O) groups excluding carboxylic acids is 5. The van der Waals surface area contributed by atoms with Gasteiger partial charge in [-0.05, 0) is 19.4 Å². The molecule has 0 aliphatic heterocycles. The molecule has 2 rings (SSSR count). The standard InChI is InChI=1S/C27H38N8O8S/c1-14(23(38)35-22(15(2)36)27(42)43)32-21(37)11-30-25(40)20(9-17-10-29-13-31-17)34-26(41)19(33-24(39)18(28)12-44)8-16-6-4-3-5-7-16/h3-7,10,13-15,18-20,22,36,44H,8-9,11-12,28H2,1-2H3,(H,29,31)(H,30,40)(H,32,37)(H,33,39)(H,34,41)(H,35,38)(H,42,43)/t14-,15+,18-,19-,20-,22-/m0/s1. The Labute approximate surface area is 258 Å². The van der Waals surface area contributed by atoms with E-state index < -0.39 is 78.4 Å². The van der Waals surface area contributed by atoms with Crippen molar-refractivity contribution in [2.75, 3.05) is 12.3 Å². The fourth-order valence-corrected chi connectivity index (χ4v) is 4.00. The van der Waals surface area contributed by atoms with E-state index in [0.717, 1.165) is 5.56 Å². The Morgan fingerprint density at radius 1 is 0.909 bits per heavy atom. The normalized spacial score (nSPS) is 14.9. The van der Waals surface area contributed by atoms with Crippen LogP contribution in [0.2, 0.25) is 0 Å². The van der Waals surface area contributed by atoms with Crippen molar-refractivity contribution < 1.29 is 39.0 Å². The van der Waals surface area contributed by atoms with E-state index in [4.69, 9.17) is 10.8 Å². The average molecular weight is 635 g/mol. The third kappa shape index (κ3) is 11.7. The molecule has 1 aromatic carbocycles. The molecule has 1 heterocycles. The number of nitrogens with two attached hydrogens (primary N) is 1. The average Bonchev–Trinajstić information content (AvgIpc) is 3.50. The first-order valence-electron chi connectivity index (χ1n) is 13.6. The lowest BCUT2D eigenvalue weighted by atomic mass is 10.0. The highest BCUT2D eigenvalue weighted by Crippen LogP contribution is 2.06. The van der Waals surface area contributed by atoms with Gasteiger partial charge in [0.2, 0.25) is 29.5 Å². The van der Waals surface area contributed by atoms with Crippen LogP contribution >= 0.6 is 12.6 Å². The highest BCUT2D eigenvalue weighted by molar-refractivity contribution is 7.80. The van der Waals surface area contributed by atoms with Gasteiger partial charge in [-0.15, -0.1) is 0 Å². The first-order chi connectivity index (χ1) is 20.8. The first kappa shape index (κ1) is 35.7. The van der Waals surface area contributed by atoms with Gasteiger partial charge in [-0.2, -0.15) is 12.6 Å². The van der Waals surface area contributed by atoms with E-state index >= 15 is 0 Å². The fraction of sp³-hybridized carbons (Fsp3) is 0.444. The summed E-state index contributed by atoms with van der Waals surface area (Å²) < 4.78 is 0. The molecule has 44 heavy (non-hydrogen) atoms. The third-order valence-electron chi connectivity index (χ3n) is 6.30. The number of benzene rings is 1. The lowest BCUT2D eigenvalue weighted by Gasteiger charge is -2.24. The Balaban J connectivity index is 2.10. The molecule has 240 valence electrons. The zero-order valence-electron chi connectivity index (χ0n) is 24.1. The fourth-order valence-electron chi connectivity index (χ4n) is 3.83. The van der Waals surface area contributed by atoms with Crippen molar-refractivity contribution in [2.24, 2.45) is 5.73 Å². The van der Waals surface area contributed by atoms with Crippen molar-refractivity contribution in [2.45, 2.75) is 63.0 Å². The predicted molar refractivity (Wildman–Crippen MR) is 160 cm³/mol. The number of aromatic amines is 1. The topological polar surface area (TPSA) is 258 Å². The second-order valence-electron chi connectivity index (χ2n) is 9.95. The molecule has 6 atom stereocenters. The number of carboxylic acids is 1. The molecule has 1 aromatic heterocycles. The van der Waals surface area contributed by atoms with Gasteiger partial charge in [-0.1, -0.05) is 30.3 Å². The van der Waals surface area contributed by atoms with Gasteiger partial charge in [0, 0.05) is 30.5 Å². The molecule has 0 bridgehead atoms. The van der Waals surface area contributed by atoms with Gasteiger partial charge in [0.25, 0.3) is 0 Å². The quantitative estimate of drug-likeness (QED) is 0.0789. The Hall–Kier alpha value is -4.48. The van der Waals surface area contributed by atoms with E-state index in [1.54, 1.807) is 30.3 Å². The van der Waals surface area contributed by atoms with Gasteiger partial charge in [0.05, 0.1) is 25.0 Å². The van der Waals surface area contributed by atoms with Crippen molar-refractivity contribution in [3.8, 4) is 0 Å². The Morgan fingerprint density at radius 2 is 1.55 bits per heavy atom. The number of aliphatic hydroxyl groups excluding tert-OH is 1.